The van der Waals surface area contributed by atoms with Gasteiger partial charge in [0.05, 0.1) is 0 Å². The minimum atomic E-state index is 0. The van der Waals surface area contributed by atoms with E-state index < -0.39 is 0 Å². The van der Waals surface area contributed by atoms with Gasteiger partial charge in [-0.3, -0.25) is 0 Å². The van der Waals surface area contributed by atoms with E-state index in [0.29, 0.717) is 18.6 Å². The molecule has 0 atom stereocenters. The molecule has 0 bridgehead atoms. The first-order chi connectivity index (χ1) is 12.2. The molecule has 0 aliphatic carbocycles. The molecule has 1 fully saturated rings. The molecule has 6 heteroatoms. The number of halogens is 1. The van der Waals surface area contributed by atoms with Gasteiger partial charge >= 0.3 is 0 Å². The van der Waals surface area contributed by atoms with Gasteiger partial charge < -0.3 is 20.0 Å². The average molecular weight is 470 g/mol. The van der Waals surface area contributed by atoms with Crippen molar-refractivity contribution in [2.24, 2.45) is 4.99 Å². The third-order valence-corrected chi connectivity index (χ3v) is 4.81. The van der Waals surface area contributed by atoms with Crippen LogP contribution in [0.15, 0.2) is 39.7 Å². The van der Waals surface area contributed by atoms with Crippen LogP contribution in [0.25, 0.3) is 11.0 Å². The molecule has 0 amide bonds. The Labute approximate surface area is 173 Å². The molecule has 0 unspecified atom stereocenters. The van der Waals surface area contributed by atoms with Crippen molar-refractivity contribution in [3.05, 3.63) is 36.1 Å². The summed E-state index contributed by atoms with van der Waals surface area (Å²) in [7, 11) is 0. The molecule has 1 aromatic carbocycles. The molecule has 2 heterocycles. The number of fused-ring (bicyclic) bond motifs is 1. The standard InChI is InChI=1S/C20H30N4O.HI/c1-4-21-20(23-17-9-11-24(12-10-17)15(2)3)22-14-18-13-16-7-5-6-8-19(16)25-18;/h5-8,13,15,17H,4,9-12,14H2,1-3H3,(H2,21,22,23);1H. The number of hydrogen-bond donors (Lipinski definition) is 2. The predicted molar refractivity (Wildman–Crippen MR) is 119 cm³/mol. The van der Waals surface area contributed by atoms with E-state index in [0.717, 1.165) is 55.2 Å². The zero-order chi connectivity index (χ0) is 17.6. The Morgan fingerprint density at radius 2 is 2.00 bits per heavy atom. The van der Waals surface area contributed by atoms with E-state index in [9.17, 15) is 0 Å². The summed E-state index contributed by atoms with van der Waals surface area (Å²) in [6.45, 7) is 10.3. The van der Waals surface area contributed by atoms with E-state index in [1.54, 1.807) is 0 Å². The minimum Gasteiger partial charge on any atom is -0.459 e. The molecular formula is C20H31IN4O. The fourth-order valence-corrected chi connectivity index (χ4v) is 3.35. The number of benzene rings is 1. The highest BCUT2D eigenvalue weighted by Gasteiger charge is 2.21. The summed E-state index contributed by atoms with van der Waals surface area (Å²) in [6.07, 6.45) is 2.32. The van der Waals surface area contributed by atoms with Crippen molar-refractivity contribution in [3.63, 3.8) is 0 Å². The zero-order valence-electron chi connectivity index (χ0n) is 16.0. The third-order valence-electron chi connectivity index (χ3n) is 4.81. The van der Waals surface area contributed by atoms with Gasteiger partial charge in [0.15, 0.2) is 5.96 Å². The number of furan rings is 1. The van der Waals surface area contributed by atoms with Gasteiger partial charge in [0, 0.05) is 37.1 Å². The lowest BCUT2D eigenvalue weighted by atomic mass is 10.0. The van der Waals surface area contributed by atoms with Gasteiger partial charge in [-0.15, -0.1) is 24.0 Å². The van der Waals surface area contributed by atoms with E-state index in [1.165, 1.54) is 0 Å². The lowest BCUT2D eigenvalue weighted by Crippen LogP contribution is -2.49. The molecule has 2 N–H and O–H groups in total. The summed E-state index contributed by atoms with van der Waals surface area (Å²) in [4.78, 5) is 7.25. The number of hydrogen-bond acceptors (Lipinski definition) is 3. The first-order valence-corrected chi connectivity index (χ1v) is 9.42. The smallest absolute Gasteiger partial charge is 0.191 e. The molecule has 0 radical (unpaired) electrons. The third kappa shape index (κ3) is 5.61. The Bertz CT molecular complexity index is 672. The van der Waals surface area contributed by atoms with E-state index in [1.807, 2.05) is 18.2 Å². The van der Waals surface area contributed by atoms with Crippen molar-refractivity contribution < 1.29 is 4.42 Å². The normalized spacial score (nSPS) is 16.7. The van der Waals surface area contributed by atoms with Gasteiger partial charge in [0.1, 0.15) is 17.9 Å². The van der Waals surface area contributed by atoms with Gasteiger partial charge in [-0.25, -0.2) is 4.99 Å². The van der Waals surface area contributed by atoms with Gasteiger partial charge in [-0.1, -0.05) is 18.2 Å². The van der Waals surface area contributed by atoms with Crippen LogP contribution in [0.5, 0.6) is 0 Å². The van der Waals surface area contributed by atoms with Gasteiger partial charge in [-0.2, -0.15) is 0 Å². The fourth-order valence-electron chi connectivity index (χ4n) is 3.35. The Kier molecular flexibility index (Phi) is 8.21. The molecule has 144 valence electrons. The Hall–Kier alpha value is -1.28. The van der Waals surface area contributed by atoms with Crippen LogP contribution in [0.3, 0.4) is 0 Å². The summed E-state index contributed by atoms with van der Waals surface area (Å²) in [5.41, 5.74) is 0.923. The minimum absolute atomic E-state index is 0. The number of likely N-dealkylation sites (tertiary alicyclic amines) is 1. The molecule has 1 aromatic heterocycles. The zero-order valence-corrected chi connectivity index (χ0v) is 18.3. The molecule has 3 rings (SSSR count). The number of aliphatic imine (C=N–C) groups is 1. The molecule has 1 aliphatic heterocycles. The van der Waals surface area contributed by atoms with Gasteiger partial charge in [0.25, 0.3) is 0 Å². The quantitative estimate of drug-likeness (QED) is 0.395. The van der Waals surface area contributed by atoms with Crippen LogP contribution in [-0.4, -0.2) is 42.6 Å². The van der Waals surface area contributed by atoms with E-state index in [-0.39, 0.29) is 24.0 Å². The van der Waals surface area contributed by atoms with E-state index in [2.05, 4.69) is 48.4 Å². The predicted octanol–water partition coefficient (Wildman–Crippen LogP) is 3.98. The van der Waals surface area contributed by atoms with E-state index in [4.69, 9.17) is 9.41 Å². The summed E-state index contributed by atoms with van der Waals surface area (Å²) in [6, 6.07) is 11.3. The van der Waals surface area contributed by atoms with Crippen molar-refractivity contribution in [2.45, 2.75) is 52.2 Å². The number of nitrogens with one attached hydrogen (secondary N) is 2. The monoisotopic (exact) mass is 470 g/mol. The lowest BCUT2D eigenvalue weighted by Gasteiger charge is -2.35. The number of para-hydroxylation sites is 1. The summed E-state index contributed by atoms with van der Waals surface area (Å²) >= 11 is 0. The lowest BCUT2D eigenvalue weighted by molar-refractivity contribution is 0.167. The Morgan fingerprint density at radius 3 is 2.65 bits per heavy atom. The van der Waals surface area contributed by atoms with Crippen LogP contribution < -0.4 is 10.6 Å². The fraction of sp³-hybridized carbons (Fsp3) is 0.550. The van der Waals surface area contributed by atoms with Crippen LogP contribution in [-0.2, 0) is 6.54 Å². The SMILES string of the molecule is CCNC(=NCc1cc2ccccc2o1)NC1CCN(C(C)C)CC1.I. The van der Waals surface area contributed by atoms with Crippen LogP contribution in [0.4, 0.5) is 0 Å². The molecule has 1 aliphatic rings. The molecular weight excluding hydrogens is 439 g/mol. The van der Waals surface area contributed by atoms with Crippen LogP contribution in [0, 0.1) is 0 Å². The maximum Gasteiger partial charge on any atom is 0.191 e. The van der Waals surface area contributed by atoms with Gasteiger partial charge in [0.2, 0.25) is 0 Å². The molecule has 5 nitrogen and oxygen atoms in total. The number of nitrogens with zero attached hydrogens (tertiary/aromatic N) is 2. The maximum absolute atomic E-state index is 5.86. The second-order valence-electron chi connectivity index (χ2n) is 6.99. The Balaban J connectivity index is 0.00000243. The highest BCUT2D eigenvalue weighted by molar-refractivity contribution is 14.0. The second kappa shape index (κ2) is 10.2. The first-order valence-electron chi connectivity index (χ1n) is 9.42. The van der Waals surface area contributed by atoms with Crippen LogP contribution in [0.2, 0.25) is 0 Å². The van der Waals surface area contributed by atoms with Crippen molar-refractivity contribution in [3.8, 4) is 0 Å². The number of guanidine groups is 1. The van der Waals surface area contributed by atoms with Crippen LogP contribution in [0.1, 0.15) is 39.4 Å². The topological polar surface area (TPSA) is 52.8 Å². The molecule has 1 saturated heterocycles. The second-order valence-corrected chi connectivity index (χ2v) is 6.99. The van der Waals surface area contributed by atoms with Gasteiger partial charge in [-0.05, 0) is 45.7 Å². The average Bonchev–Trinajstić information content (AvgIpc) is 3.03. The van der Waals surface area contributed by atoms with Crippen molar-refractivity contribution >= 4 is 40.9 Å². The van der Waals surface area contributed by atoms with Crippen LogP contribution >= 0.6 is 24.0 Å². The summed E-state index contributed by atoms with van der Waals surface area (Å²) in [5, 5.41) is 8.07. The first kappa shape index (κ1) is 21.0. The Morgan fingerprint density at radius 1 is 1.27 bits per heavy atom. The summed E-state index contributed by atoms with van der Waals surface area (Å²) in [5.74, 6) is 1.78. The largest absolute Gasteiger partial charge is 0.459 e. The highest BCUT2D eigenvalue weighted by Crippen LogP contribution is 2.19. The highest BCUT2D eigenvalue weighted by atomic mass is 127. The number of rotatable bonds is 5. The van der Waals surface area contributed by atoms with E-state index >= 15 is 0 Å². The van der Waals surface area contributed by atoms with Crippen molar-refractivity contribution in [1.29, 1.82) is 0 Å². The molecule has 0 saturated carbocycles. The molecule has 26 heavy (non-hydrogen) atoms. The number of piperidine rings is 1. The van der Waals surface area contributed by atoms with Crippen molar-refractivity contribution in [2.75, 3.05) is 19.6 Å². The van der Waals surface area contributed by atoms with Crippen molar-refractivity contribution in [1.82, 2.24) is 15.5 Å². The summed E-state index contributed by atoms with van der Waals surface area (Å²) < 4.78 is 5.86. The molecule has 0 spiro atoms. The maximum atomic E-state index is 5.86. The molecule has 2 aromatic rings.